The summed E-state index contributed by atoms with van der Waals surface area (Å²) in [5.74, 6) is 1.44. The van der Waals surface area contributed by atoms with Crippen molar-refractivity contribution < 1.29 is 0 Å². The van der Waals surface area contributed by atoms with Crippen molar-refractivity contribution in [3.63, 3.8) is 0 Å². The molecule has 0 spiro atoms. The highest BCUT2D eigenvalue weighted by Crippen LogP contribution is 2.30. The second-order valence-electron chi connectivity index (χ2n) is 7.58. The number of hydrogen-bond acceptors (Lipinski definition) is 5. The minimum absolute atomic E-state index is 0.469. The molecule has 150 valence electrons. The number of anilines is 1. The van der Waals surface area contributed by atoms with Crippen molar-refractivity contribution in [2.24, 2.45) is 5.10 Å². The maximum Gasteiger partial charge on any atom is 0.252 e. The minimum Gasteiger partial charge on any atom is -0.263 e. The van der Waals surface area contributed by atoms with Crippen LogP contribution in [0.15, 0.2) is 77.9 Å². The van der Waals surface area contributed by atoms with Crippen LogP contribution in [0.5, 0.6) is 0 Å². The summed E-state index contributed by atoms with van der Waals surface area (Å²) in [7, 11) is 0. The Bertz CT molecular complexity index is 1340. The smallest absolute Gasteiger partial charge is 0.252 e. The van der Waals surface area contributed by atoms with E-state index in [1.165, 1.54) is 5.56 Å². The van der Waals surface area contributed by atoms with E-state index in [0.717, 1.165) is 33.9 Å². The van der Waals surface area contributed by atoms with Crippen molar-refractivity contribution in [3.05, 3.63) is 106 Å². The third kappa shape index (κ3) is 3.36. The Morgan fingerprint density at radius 1 is 0.903 bits per heavy atom. The second kappa shape index (κ2) is 7.54. The number of hydrazone groups is 1. The molecule has 1 aliphatic rings. The fraction of sp³-hybridized carbons (Fsp3) is 0.120. The van der Waals surface area contributed by atoms with Gasteiger partial charge in [-0.25, -0.2) is 5.01 Å². The lowest BCUT2D eigenvalue weighted by molar-refractivity contribution is 0.796. The molecule has 0 amide bonds. The zero-order valence-corrected chi connectivity index (χ0v) is 17.3. The van der Waals surface area contributed by atoms with Crippen molar-refractivity contribution in [3.8, 4) is 11.8 Å². The van der Waals surface area contributed by atoms with Gasteiger partial charge in [-0.05, 0) is 37.6 Å². The number of para-hydroxylation sites is 1. The van der Waals surface area contributed by atoms with Gasteiger partial charge in [-0.2, -0.15) is 10.4 Å². The molecule has 0 atom stereocenters. The Labute approximate surface area is 180 Å². The molecule has 0 aliphatic carbocycles. The molecule has 2 heterocycles. The lowest BCUT2D eigenvalue weighted by atomic mass is 9.99. The quantitative estimate of drug-likeness (QED) is 0.503. The van der Waals surface area contributed by atoms with Crippen LogP contribution in [-0.4, -0.2) is 20.5 Å². The van der Waals surface area contributed by atoms with Gasteiger partial charge in [0.25, 0.3) is 5.95 Å². The third-order valence-corrected chi connectivity index (χ3v) is 5.37. The van der Waals surface area contributed by atoms with Gasteiger partial charge >= 0.3 is 0 Å². The molecule has 0 saturated heterocycles. The summed E-state index contributed by atoms with van der Waals surface area (Å²) in [6, 6.07) is 26.3. The van der Waals surface area contributed by atoms with Gasteiger partial charge in [0.2, 0.25) is 0 Å². The first kappa shape index (κ1) is 18.8. The zero-order chi connectivity index (χ0) is 21.4. The third-order valence-electron chi connectivity index (χ3n) is 5.37. The molecule has 6 heteroatoms. The van der Waals surface area contributed by atoms with Crippen LogP contribution < -0.4 is 5.01 Å². The number of rotatable bonds is 3. The Kier molecular flexibility index (Phi) is 4.57. The van der Waals surface area contributed by atoms with Crippen molar-refractivity contribution in [2.45, 2.75) is 20.4 Å². The fourth-order valence-electron chi connectivity index (χ4n) is 3.83. The number of nitrogens with zero attached hydrogens (tertiary/aromatic N) is 6. The zero-order valence-electron chi connectivity index (χ0n) is 17.3. The molecule has 5 rings (SSSR count). The van der Waals surface area contributed by atoms with E-state index >= 15 is 0 Å². The molecule has 0 fully saturated rings. The molecule has 1 aliphatic heterocycles. The molecular weight excluding hydrogens is 384 g/mol. The maximum absolute atomic E-state index is 9.29. The number of nitriles is 1. The molecule has 1 aromatic heterocycles. The van der Waals surface area contributed by atoms with Crippen molar-refractivity contribution in [1.29, 1.82) is 5.26 Å². The molecule has 31 heavy (non-hydrogen) atoms. The molecule has 4 aromatic rings. The molecule has 0 radical (unpaired) electrons. The van der Waals surface area contributed by atoms with E-state index < -0.39 is 0 Å². The highest BCUT2D eigenvalue weighted by atomic mass is 15.6. The van der Waals surface area contributed by atoms with Gasteiger partial charge in [0.1, 0.15) is 11.5 Å². The molecule has 0 unspecified atom stereocenters. The Hall–Kier alpha value is -4.24. The first-order valence-electron chi connectivity index (χ1n) is 10.1. The SMILES string of the molecule is Cc1ccc(C2=NN(Cc3cccc(C#N)c3)c3nnc(C)n3-c3ccccc32)cc1. The average molecular weight is 404 g/mol. The van der Waals surface area contributed by atoms with E-state index in [1.54, 1.807) is 6.07 Å². The number of aryl methyl sites for hydroxylation is 2. The number of benzene rings is 3. The number of fused-ring (bicyclic) bond motifs is 3. The highest BCUT2D eigenvalue weighted by Gasteiger charge is 2.26. The minimum atomic E-state index is 0.469. The molecule has 3 aromatic carbocycles. The van der Waals surface area contributed by atoms with E-state index in [2.05, 4.69) is 59.6 Å². The Balaban J connectivity index is 1.71. The largest absolute Gasteiger partial charge is 0.263 e. The Morgan fingerprint density at radius 2 is 1.71 bits per heavy atom. The summed E-state index contributed by atoms with van der Waals surface area (Å²) in [4.78, 5) is 0. The molecule has 6 nitrogen and oxygen atoms in total. The standard InChI is InChI=1S/C25H20N6/c1-17-10-12-21(13-11-17)24-22-8-3-4-9-23(22)31-18(2)27-28-25(31)30(29-24)16-20-7-5-6-19(14-20)15-26/h3-14H,16H2,1-2H3. The van der Waals surface area contributed by atoms with Crippen LogP contribution in [0, 0.1) is 25.2 Å². The number of aromatic nitrogens is 3. The van der Waals surface area contributed by atoms with Gasteiger partial charge in [-0.3, -0.25) is 4.57 Å². The van der Waals surface area contributed by atoms with Crippen LogP contribution >= 0.6 is 0 Å². The Morgan fingerprint density at radius 3 is 2.52 bits per heavy atom. The molecule has 0 bridgehead atoms. The summed E-state index contributed by atoms with van der Waals surface area (Å²) < 4.78 is 2.04. The lowest BCUT2D eigenvalue weighted by Gasteiger charge is -2.18. The highest BCUT2D eigenvalue weighted by molar-refractivity contribution is 6.15. The topological polar surface area (TPSA) is 70.1 Å². The van der Waals surface area contributed by atoms with Crippen LogP contribution in [-0.2, 0) is 6.54 Å². The maximum atomic E-state index is 9.29. The van der Waals surface area contributed by atoms with E-state index in [4.69, 9.17) is 5.10 Å². The molecule has 0 saturated carbocycles. The van der Waals surface area contributed by atoms with Gasteiger partial charge in [0.15, 0.2) is 0 Å². The van der Waals surface area contributed by atoms with Crippen LogP contribution in [0.25, 0.3) is 5.69 Å². The van der Waals surface area contributed by atoms with E-state index in [-0.39, 0.29) is 0 Å². The first-order chi connectivity index (χ1) is 15.1. The first-order valence-corrected chi connectivity index (χ1v) is 10.1. The normalized spacial score (nSPS) is 12.4. The molecular formula is C25H20N6. The van der Waals surface area contributed by atoms with E-state index in [9.17, 15) is 5.26 Å². The van der Waals surface area contributed by atoms with Crippen LogP contribution in [0.1, 0.15) is 33.6 Å². The summed E-state index contributed by atoms with van der Waals surface area (Å²) in [5, 5.41) is 25.0. The van der Waals surface area contributed by atoms with Crippen molar-refractivity contribution in [2.75, 3.05) is 5.01 Å². The van der Waals surface area contributed by atoms with Crippen LogP contribution in [0.3, 0.4) is 0 Å². The van der Waals surface area contributed by atoms with Crippen molar-refractivity contribution >= 4 is 11.7 Å². The van der Waals surface area contributed by atoms with Gasteiger partial charge in [-0.1, -0.05) is 60.2 Å². The van der Waals surface area contributed by atoms with Gasteiger partial charge in [-0.15, -0.1) is 10.2 Å². The van der Waals surface area contributed by atoms with Crippen LogP contribution in [0.2, 0.25) is 0 Å². The second-order valence-corrected chi connectivity index (χ2v) is 7.58. The average Bonchev–Trinajstić information content (AvgIpc) is 3.12. The van der Waals surface area contributed by atoms with Crippen LogP contribution in [0.4, 0.5) is 5.95 Å². The van der Waals surface area contributed by atoms with Gasteiger partial charge < -0.3 is 0 Å². The fourth-order valence-corrected chi connectivity index (χ4v) is 3.83. The van der Waals surface area contributed by atoms with E-state index in [0.29, 0.717) is 18.1 Å². The van der Waals surface area contributed by atoms with Gasteiger partial charge in [0, 0.05) is 11.1 Å². The van der Waals surface area contributed by atoms with E-state index in [1.807, 2.05) is 46.8 Å². The predicted molar refractivity (Wildman–Crippen MR) is 120 cm³/mol. The van der Waals surface area contributed by atoms with Gasteiger partial charge in [0.05, 0.1) is 23.9 Å². The summed E-state index contributed by atoms with van der Waals surface area (Å²) in [5.41, 5.74) is 6.71. The number of hydrogen-bond donors (Lipinski definition) is 0. The summed E-state index contributed by atoms with van der Waals surface area (Å²) in [6.45, 7) is 4.49. The van der Waals surface area contributed by atoms with Crippen molar-refractivity contribution in [1.82, 2.24) is 14.8 Å². The predicted octanol–water partition coefficient (Wildman–Crippen LogP) is 4.53. The lowest BCUT2D eigenvalue weighted by Crippen LogP contribution is -2.20. The monoisotopic (exact) mass is 404 g/mol. The summed E-state index contributed by atoms with van der Waals surface area (Å²) >= 11 is 0. The summed E-state index contributed by atoms with van der Waals surface area (Å²) in [6.07, 6.45) is 0. The molecule has 0 N–H and O–H groups in total.